The largest absolute Gasteiger partial charge is 0.493 e. The van der Waals surface area contributed by atoms with E-state index in [9.17, 15) is 0 Å². The first-order valence-corrected chi connectivity index (χ1v) is 12.5. The van der Waals surface area contributed by atoms with Crippen molar-refractivity contribution < 1.29 is 9.47 Å². The molecule has 1 unspecified atom stereocenters. The fraction of sp³-hybridized carbons (Fsp3) is 0.222. The van der Waals surface area contributed by atoms with Gasteiger partial charge in [0, 0.05) is 33.9 Å². The third-order valence-corrected chi connectivity index (χ3v) is 7.26. The lowest BCUT2D eigenvalue weighted by molar-refractivity contribution is 0.356. The third kappa shape index (κ3) is 4.83. The van der Waals surface area contributed by atoms with Crippen molar-refractivity contribution in [1.29, 1.82) is 0 Å². The molecule has 9 heteroatoms. The Balaban J connectivity index is 1.40. The molecule has 3 N–H and O–H groups in total. The van der Waals surface area contributed by atoms with E-state index >= 15 is 0 Å². The third-order valence-electron chi connectivity index (χ3n) is 5.96. The summed E-state index contributed by atoms with van der Waals surface area (Å²) in [5, 5.41) is 14.9. The summed E-state index contributed by atoms with van der Waals surface area (Å²) in [4.78, 5) is 11.7. The summed E-state index contributed by atoms with van der Waals surface area (Å²) in [6, 6.07) is 18.6. The normalized spacial score (nSPS) is 11.9. The van der Waals surface area contributed by atoms with Crippen LogP contribution in [0, 0.1) is 6.92 Å². The standard InChI is InChI=1S/C27H28N6O2S/c1-16(30-27-20-13-22(34-3)23(35-4)14-21(20)31-17(2)32-27)24-9-10-25(36-24)19-8-6-5-7-18(19)15-28-26-11-12-29-33-26/h5-14,16H,15H2,1-4H3,(H2,28,29,33)(H,30,31,32). The van der Waals surface area contributed by atoms with Crippen LogP contribution in [0.4, 0.5) is 11.6 Å². The maximum atomic E-state index is 5.51. The number of aromatic amines is 1. The second kappa shape index (κ2) is 10.2. The molecule has 0 aliphatic carbocycles. The van der Waals surface area contributed by atoms with Crippen molar-refractivity contribution in [3.05, 3.63) is 77.1 Å². The van der Waals surface area contributed by atoms with Gasteiger partial charge in [-0.25, -0.2) is 9.97 Å². The highest BCUT2D eigenvalue weighted by Gasteiger charge is 2.16. The van der Waals surface area contributed by atoms with Gasteiger partial charge in [0.15, 0.2) is 11.5 Å². The van der Waals surface area contributed by atoms with Gasteiger partial charge in [0.05, 0.1) is 25.8 Å². The van der Waals surface area contributed by atoms with Gasteiger partial charge in [-0.1, -0.05) is 24.3 Å². The van der Waals surface area contributed by atoms with Crippen LogP contribution in [0.2, 0.25) is 0 Å². The molecule has 5 aromatic rings. The zero-order valence-electron chi connectivity index (χ0n) is 20.6. The quantitative estimate of drug-likeness (QED) is 0.222. The number of H-pyrrole nitrogens is 1. The summed E-state index contributed by atoms with van der Waals surface area (Å²) in [7, 11) is 3.25. The molecule has 36 heavy (non-hydrogen) atoms. The number of benzene rings is 2. The molecule has 0 bridgehead atoms. The molecule has 0 aliphatic heterocycles. The van der Waals surface area contributed by atoms with Gasteiger partial charge in [0.1, 0.15) is 17.5 Å². The van der Waals surface area contributed by atoms with E-state index in [1.807, 2.05) is 31.3 Å². The predicted octanol–water partition coefficient (Wildman–Crippen LogP) is 6.19. The highest BCUT2D eigenvalue weighted by atomic mass is 32.1. The maximum Gasteiger partial charge on any atom is 0.162 e. The minimum Gasteiger partial charge on any atom is -0.493 e. The second-order valence-corrected chi connectivity index (χ2v) is 9.50. The van der Waals surface area contributed by atoms with Crippen LogP contribution in [-0.2, 0) is 6.54 Å². The smallest absolute Gasteiger partial charge is 0.162 e. The first kappa shape index (κ1) is 23.6. The van der Waals surface area contributed by atoms with E-state index in [4.69, 9.17) is 14.5 Å². The highest BCUT2D eigenvalue weighted by Crippen LogP contribution is 2.37. The number of thiophene rings is 1. The number of rotatable bonds is 9. The molecule has 0 radical (unpaired) electrons. The van der Waals surface area contributed by atoms with Gasteiger partial charge in [-0.15, -0.1) is 11.3 Å². The van der Waals surface area contributed by atoms with Crippen molar-refractivity contribution >= 4 is 33.9 Å². The lowest BCUT2D eigenvalue weighted by atomic mass is 10.1. The summed E-state index contributed by atoms with van der Waals surface area (Å²) in [5.74, 6) is 3.58. The Kier molecular flexibility index (Phi) is 6.73. The van der Waals surface area contributed by atoms with E-state index in [0.717, 1.165) is 22.5 Å². The number of nitrogens with one attached hydrogen (secondary N) is 3. The zero-order chi connectivity index (χ0) is 25.1. The number of aromatic nitrogens is 4. The summed E-state index contributed by atoms with van der Waals surface area (Å²) < 4.78 is 11.0. The Labute approximate surface area is 213 Å². The van der Waals surface area contributed by atoms with Crippen molar-refractivity contribution in [1.82, 2.24) is 20.2 Å². The molecule has 3 heterocycles. The van der Waals surface area contributed by atoms with Crippen molar-refractivity contribution in [2.45, 2.75) is 26.4 Å². The summed E-state index contributed by atoms with van der Waals surface area (Å²) in [5.41, 5.74) is 3.23. The van der Waals surface area contributed by atoms with Crippen LogP contribution in [0.3, 0.4) is 0 Å². The van der Waals surface area contributed by atoms with Gasteiger partial charge in [-0.2, -0.15) is 5.10 Å². The predicted molar refractivity (Wildman–Crippen MR) is 145 cm³/mol. The zero-order valence-corrected chi connectivity index (χ0v) is 21.4. The average Bonchev–Trinajstić information content (AvgIpc) is 3.59. The molecule has 8 nitrogen and oxygen atoms in total. The Morgan fingerprint density at radius 1 is 1.00 bits per heavy atom. The first-order valence-electron chi connectivity index (χ1n) is 11.6. The Hall–Kier alpha value is -4.11. The molecular weight excluding hydrogens is 472 g/mol. The molecular formula is C27H28N6O2S. The fourth-order valence-corrected chi connectivity index (χ4v) is 5.22. The van der Waals surface area contributed by atoms with E-state index in [2.05, 4.69) is 69.1 Å². The number of fused-ring (bicyclic) bond motifs is 1. The number of aryl methyl sites for hydroxylation is 1. The molecule has 184 valence electrons. The lowest BCUT2D eigenvalue weighted by Crippen LogP contribution is -2.08. The van der Waals surface area contributed by atoms with Crippen LogP contribution in [0.5, 0.6) is 11.5 Å². The Morgan fingerprint density at radius 2 is 1.81 bits per heavy atom. The fourth-order valence-electron chi connectivity index (χ4n) is 4.15. The van der Waals surface area contributed by atoms with Crippen LogP contribution >= 0.6 is 11.3 Å². The molecule has 2 aromatic carbocycles. The highest BCUT2D eigenvalue weighted by molar-refractivity contribution is 7.15. The van der Waals surface area contributed by atoms with E-state index in [-0.39, 0.29) is 6.04 Å². The summed E-state index contributed by atoms with van der Waals surface area (Å²) in [6.45, 7) is 4.73. The number of methoxy groups -OCH3 is 2. The van der Waals surface area contributed by atoms with E-state index in [1.54, 1.807) is 25.6 Å². The molecule has 0 spiro atoms. The molecule has 0 saturated heterocycles. The molecule has 3 aromatic heterocycles. The molecule has 0 fully saturated rings. The summed E-state index contributed by atoms with van der Waals surface area (Å²) in [6.07, 6.45) is 1.81. The minimum atomic E-state index is 0.0451. The van der Waals surface area contributed by atoms with Gasteiger partial charge in [-0.05, 0) is 49.2 Å². The monoisotopic (exact) mass is 500 g/mol. The first-order chi connectivity index (χ1) is 17.6. The van der Waals surface area contributed by atoms with Gasteiger partial charge in [0.25, 0.3) is 0 Å². The second-order valence-electron chi connectivity index (χ2n) is 8.38. The number of nitrogens with zero attached hydrogens (tertiary/aromatic N) is 3. The van der Waals surface area contributed by atoms with Crippen molar-refractivity contribution in [3.63, 3.8) is 0 Å². The van der Waals surface area contributed by atoms with Crippen LogP contribution in [0.25, 0.3) is 21.3 Å². The van der Waals surface area contributed by atoms with Gasteiger partial charge in [0.2, 0.25) is 0 Å². The van der Waals surface area contributed by atoms with Crippen LogP contribution < -0.4 is 20.1 Å². The minimum absolute atomic E-state index is 0.0451. The number of anilines is 2. The summed E-state index contributed by atoms with van der Waals surface area (Å²) >= 11 is 1.77. The maximum absolute atomic E-state index is 5.51. The number of ether oxygens (including phenoxy) is 2. The van der Waals surface area contributed by atoms with Crippen molar-refractivity contribution in [3.8, 4) is 21.9 Å². The molecule has 0 amide bonds. The van der Waals surface area contributed by atoms with E-state index < -0.39 is 0 Å². The molecule has 5 rings (SSSR count). The Morgan fingerprint density at radius 3 is 2.58 bits per heavy atom. The number of hydrogen-bond acceptors (Lipinski definition) is 8. The average molecular weight is 501 g/mol. The van der Waals surface area contributed by atoms with Crippen LogP contribution in [0.15, 0.2) is 60.8 Å². The van der Waals surface area contributed by atoms with Crippen LogP contribution in [-0.4, -0.2) is 34.4 Å². The molecule has 1 atom stereocenters. The SMILES string of the molecule is COc1cc2nc(C)nc(NC(C)c3ccc(-c4ccccc4CNc4cc[nH]n4)s3)c2cc1OC. The van der Waals surface area contributed by atoms with Gasteiger partial charge >= 0.3 is 0 Å². The molecule has 0 aliphatic rings. The number of hydrogen-bond donors (Lipinski definition) is 3. The van der Waals surface area contributed by atoms with Crippen LogP contribution in [0.1, 0.15) is 29.2 Å². The lowest BCUT2D eigenvalue weighted by Gasteiger charge is -2.16. The topological polar surface area (TPSA) is 97.0 Å². The van der Waals surface area contributed by atoms with Gasteiger partial charge in [-0.3, -0.25) is 5.10 Å². The van der Waals surface area contributed by atoms with Gasteiger partial charge < -0.3 is 20.1 Å². The Bertz CT molecular complexity index is 1480. The van der Waals surface area contributed by atoms with E-state index in [0.29, 0.717) is 23.9 Å². The molecule has 0 saturated carbocycles. The van der Waals surface area contributed by atoms with Crippen molar-refractivity contribution in [2.24, 2.45) is 0 Å². The van der Waals surface area contributed by atoms with Crippen molar-refractivity contribution in [2.75, 3.05) is 24.9 Å². The van der Waals surface area contributed by atoms with E-state index in [1.165, 1.54) is 20.9 Å².